The Kier molecular flexibility index (Phi) is 4.77. The molecule has 10 nitrogen and oxygen atoms in total. The van der Waals surface area contributed by atoms with E-state index in [0.717, 1.165) is 0 Å². The number of alkyl halides is 1. The van der Waals surface area contributed by atoms with Crippen LogP contribution in [0.25, 0.3) is 11.5 Å². The number of aromatic nitrogens is 5. The van der Waals surface area contributed by atoms with E-state index in [0.29, 0.717) is 23.9 Å². The van der Waals surface area contributed by atoms with Gasteiger partial charge in [0.2, 0.25) is 0 Å². The number of hydrogen-bond acceptors (Lipinski definition) is 7. The quantitative estimate of drug-likeness (QED) is 0.424. The molecule has 4 aromatic rings. The minimum Gasteiger partial charge on any atom is -0.373 e. The highest BCUT2D eigenvalue weighted by Crippen LogP contribution is 2.26. The van der Waals surface area contributed by atoms with Gasteiger partial charge < -0.3 is 16.0 Å². The van der Waals surface area contributed by atoms with Crippen LogP contribution in [0, 0.1) is 0 Å². The standard InChI is InChI=1S/C21H19FN8O2/c1-23-18-10-16(26-14-5-4-8-29(21(14)32)17-6-2-3-7-24-17)28-19-12(11-25-30(18)19)20(31)27-15-9-13(15)22/h2-8,10-11,13,15,23H,9H2,1H3,(H,26,28)(H,27,31)/t13-,15?/m1/s1. The van der Waals surface area contributed by atoms with Crippen LogP contribution < -0.4 is 21.5 Å². The first-order valence-corrected chi connectivity index (χ1v) is 9.96. The number of pyridine rings is 2. The monoisotopic (exact) mass is 434 g/mol. The van der Waals surface area contributed by atoms with Gasteiger partial charge in [-0.1, -0.05) is 6.07 Å². The van der Waals surface area contributed by atoms with Crippen molar-refractivity contribution in [3.05, 3.63) is 70.9 Å². The Morgan fingerprint density at radius 3 is 2.81 bits per heavy atom. The Morgan fingerprint density at radius 2 is 2.09 bits per heavy atom. The highest BCUT2D eigenvalue weighted by molar-refractivity contribution is 6.00. The van der Waals surface area contributed by atoms with Gasteiger partial charge >= 0.3 is 0 Å². The smallest absolute Gasteiger partial charge is 0.279 e. The Morgan fingerprint density at radius 1 is 1.25 bits per heavy atom. The molecule has 32 heavy (non-hydrogen) atoms. The summed E-state index contributed by atoms with van der Waals surface area (Å²) >= 11 is 0. The molecule has 2 atom stereocenters. The van der Waals surface area contributed by atoms with Crippen molar-refractivity contribution in [1.29, 1.82) is 0 Å². The van der Waals surface area contributed by atoms with E-state index in [9.17, 15) is 14.0 Å². The molecule has 0 aromatic carbocycles. The molecule has 0 spiro atoms. The lowest BCUT2D eigenvalue weighted by molar-refractivity contribution is 0.0949. The highest BCUT2D eigenvalue weighted by atomic mass is 19.1. The fourth-order valence-electron chi connectivity index (χ4n) is 3.33. The fourth-order valence-corrected chi connectivity index (χ4v) is 3.33. The van der Waals surface area contributed by atoms with Gasteiger partial charge in [-0.2, -0.15) is 9.61 Å². The Labute approximate surface area is 181 Å². The van der Waals surface area contributed by atoms with Crippen LogP contribution >= 0.6 is 0 Å². The van der Waals surface area contributed by atoms with Gasteiger partial charge in [0.1, 0.15) is 34.9 Å². The second-order valence-corrected chi connectivity index (χ2v) is 7.31. The summed E-state index contributed by atoms with van der Waals surface area (Å²) < 4.78 is 16.1. The second kappa shape index (κ2) is 7.76. The number of nitrogens with zero attached hydrogens (tertiary/aromatic N) is 5. The number of carbonyl (C=O) groups is 1. The number of carbonyl (C=O) groups excluding carboxylic acids is 1. The predicted molar refractivity (Wildman–Crippen MR) is 116 cm³/mol. The number of anilines is 3. The normalized spacial score (nSPS) is 17.2. The summed E-state index contributed by atoms with van der Waals surface area (Å²) in [5.41, 5.74) is 0.450. The summed E-state index contributed by atoms with van der Waals surface area (Å²) in [5, 5.41) is 12.9. The summed E-state index contributed by atoms with van der Waals surface area (Å²) in [4.78, 5) is 34.2. The molecule has 1 aliphatic rings. The average molecular weight is 434 g/mol. The molecule has 162 valence electrons. The number of hydrogen-bond donors (Lipinski definition) is 3. The predicted octanol–water partition coefficient (Wildman–Crippen LogP) is 1.90. The third kappa shape index (κ3) is 3.53. The number of amides is 1. The lowest BCUT2D eigenvalue weighted by Gasteiger charge is -2.11. The van der Waals surface area contributed by atoms with Gasteiger partial charge in [0.05, 0.1) is 12.2 Å². The molecule has 4 aromatic heterocycles. The van der Waals surface area contributed by atoms with Crippen molar-refractivity contribution in [1.82, 2.24) is 29.5 Å². The van der Waals surface area contributed by atoms with Gasteiger partial charge in [0.25, 0.3) is 11.5 Å². The van der Waals surface area contributed by atoms with Crippen molar-refractivity contribution in [2.45, 2.75) is 18.6 Å². The number of halogens is 1. The first kappa shape index (κ1) is 19.7. The molecule has 1 amide bonds. The third-order valence-electron chi connectivity index (χ3n) is 5.11. The van der Waals surface area contributed by atoms with Crippen molar-refractivity contribution in [2.24, 2.45) is 0 Å². The summed E-state index contributed by atoms with van der Waals surface area (Å²) in [6.07, 6.45) is 3.91. The highest BCUT2D eigenvalue weighted by Gasteiger charge is 2.39. The zero-order valence-corrected chi connectivity index (χ0v) is 17.0. The fraction of sp³-hybridized carbons (Fsp3) is 0.190. The topological polar surface area (TPSA) is 118 Å². The largest absolute Gasteiger partial charge is 0.373 e. The lowest BCUT2D eigenvalue weighted by atomic mass is 10.3. The van der Waals surface area contributed by atoms with E-state index in [2.05, 4.69) is 31.0 Å². The number of rotatable bonds is 6. The van der Waals surface area contributed by atoms with Gasteiger partial charge in [-0.25, -0.2) is 14.4 Å². The van der Waals surface area contributed by atoms with Gasteiger partial charge in [-0.15, -0.1) is 0 Å². The molecule has 0 bridgehead atoms. The maximum absolute atomic E-state index is 13.2. The first-order valence-electron chi connectivity index (χ1n) is 9.96. The summed E-state index contributed by atoms with van der Waals surface area (Å²) in [6.45, 7) is 0. The molecule has 3 N–H and O–H groups in total. The molecule has 0 saturated heterocycles. The third-order valence-corrected chi connectivity index (χ3v) is 5.11. The first-order chi connectivity index (χ1) is 15.5. The summed E-state index contributed by atoms with van der Waals surface area (Å²) in [7, 11) is 1.70. The maximum Gasteiger partial charge on any atom is 0.279 e. The molecule has 1 unspecified atom stereocenters. The van der Waals surface area contributed by atoms with E-state index in [4.69, 9.17) is 0 Å². The van der Waals surface area contributed by atoms with Crippen molar-refractivity contribution < 1.29 is 9.18 Å². The molecule has 1 fully saturated rings. The van der Waals surface area contributed by atoms with Crippen LogP contribution in [0.4, 0.5) is 21.7 Å². The van der Waals surface area contributed by atoms with Crippen molar-refractivity contribution in [2.75, 3.05) is 17.7 Å². The van der Waals surface area contributed by atoms with Crippen LogP contribution in [0.2, 0.25) is 0 Å². The average Bonchev–Trinajstić information content (AvgIpc) is 3.32. The SMILES string of the molecule is CNc1cc(Nc2cccn(-c3ccccn3)c2=O)nc2c(C(=O)NC3C[C@H]3F)cnn12. The van der Waals surface area contributed by atoms with Crippen LogP contribution in [0.3, 0.4) is 0 Å². The van der Waals surface area contributed by atoms with E-state index in [1.54, 1.807) is 55.8 Å². The van der Waals surface area contributed by atoms with Crippen LogP contribution in [0.5, 0.6) is 0 Å². The number of fused-ring (bicyclic) bond motifs is 1. The van der Waals surface area contributed by atoms with Gasteiger partial charge in [0, 0.05) is 31.9 Å². The molecule has 1 aliphatic carbocycles. The minimum absolute atomic E-state index is 0.211. The zero-order chi connectivity index (χ0) is 22.2. The second-order valence-electron chi connectivity index (χ2n) is 7.31. The molecule has 11 heteroatoms. The molecule has 0 radical (unpaired) electrons. The van der Waals surface area contributed by atoms with Crippen molar-refractivity contribution in [3.8, 4) is 5.82 Å². The van der Waals surface area contributed by atoms with E-state index >= 15 is 0 Å². The van der Waals surface area contributed by atoms with E-state index < -0.39 is 18.1 Å². The Bertz CT molecular complexity index is 1370. The van der Waals surface area contributed by atoms with Crippen LogP contribution in [-0.2, 0) is 0 Å². The molecular formula is C21H19FN8O2. The molecule has 0 aliphatic heterocycles. The summed E-state index contributed by atoms with van der Waals surface area (Å²) in [5.74, 6) is 0.921. The minimum atomic E-state index is -1.02. The number of nitrogens with one attached hydrogen (secondary N) is 3. The lowest BCUT2D eigenvalue weighted by Crippen LogP contribution is -2.27. The Hall–Kier alpha value is -4.28. The van der Waals surface area contributed by atoms with Crippen molar-refractivity contribution >= 4 is 28.9 Å². The van der Waals surface area contributed by atoms with Crippen LogP contribution in [0.15, 0.2) is 59.8 Å². The summed E-state index contributed by atoms with van der Waals surface area (Å²) in [6, 6.07) is 9.83. The van der Waals surface area contributed by atoms with Gasteiger partial charge in [0.15, 0.2) is 5.65 Å². The molecule has 5 rings (SSSR count). The van der Waals surface area contributed by atoms with E-state index in [1.165, 1.54) is 15.3 Å². The maximum atomic E-state index is 13.2. The van der Waals surface area contributed by atoms with Gasteiger partial charge in [-0.3, -0.25) is 14.2 Å². The van der Waals surface area contributed by atoms with E-state index in [1.807, 2.05) is 0 Å². The van der Waals surface area contributed by atoms with Crippen LogP contribution in [0.1, 0.15) is 16.8 Å². The molecule has 1 saturated carbocycles. The van der Waals surface area contributed by atoms with Crippen LogP contribution in [-0.4, -0.2) is 49.3 Å². The van der Waals surface area contributed by atoms with E-state index in [-0.39, 0.29) is 22.5 Å². The molecular weight excluding hydrogens is 415 g/mol. The molecule has 4 heterocycles. The zero-order valence-electron chi connectivity index (χ0n) is 17.0. The van der Waals surface area contributed by atoms with Crippen molar-refractivity contribution in [3.63, 3.8) is 0 Å². The van der Waals surface area contributed by atoms with Gasteiger partial charge in [-0.05, 0) is 24.3 Å². The Balaban J connectivity index is 1.52.